The first-order valence-corrected chi connectivity index (χ1v) is 5.08. The topological polar surface area (TPSA) is 34.1 Å². The lowest BCUT2D eigenvalue weighted by molar-refractivity contribution is 0.120. The molecule has 66 valence electrons. The van der Waals surface area contributed by atoms with Crippen LogP contribution in [0.25, 0.3) is 0 Å². The molecule has 0 spiro atoms. The maximum atomic E-state index is 5.47. The molecule has 1 N–H and O–H groups in total. The van der Waals surface area contributed by atoms with Crippen molar-refractivity contribution >= 4 is 16.5 Å². The quantitative estimate of drug-likeness (QED) is 0.777. The van der Waals surface area contributed by atoms with E-state index in [9.17, 15) is 0 Å². The average molecular weight is 184 g/mol. The predicted octanol–water partition coefficient (Wildman–Crippen LogP) is 1.73. The van der Waals surface area contributed by atoms with Gasteiger partial charge in [-0.05, 0) is 12.8 Å². The fourth-order valence-corrected chi connectivity index (χ4v) is 1.86. The van der Waals surface area contributed by atoms with Crippen LogP contribution >= 0.6 is 11.3 Å². The first-order chi connectivity index (χ1) is 5.95. The standard InChI is InChI=1S/C8H12N2OS/c1-2-7(11-4-1)6-10-8-9-3-5-12-8/h3,5,7H,1-2,4,6H2,(H,9,10)/t7-/m0/s1. The summed E-state index contributed by atoms with van der Waals surface area (Å²) in [4.78, 5) is 4.13. The molecule has 1 aromatic heterocycles. The molecule has 0 aromatic carbocycles. The summed E-state index contributed by atoms with van der Waals surface area (Å²) in [6.45, 7) is 1.82. The Bertz CT molecular complexity index is 219. The van der Waals surface area contributed by atoms with Crippen molar-refractivity contribution in [1.29, 1.82) is 0 Å². The fraction of sp³-hybridized carbons (Fsp3) is 0.625. The first kappa shape index (κ1) is 8.01. The van der Waals surface area contributed by atoms with Crippen LogP contribution in [-0.4, -0.2) is 24.2 Å². The highest BCUT2D eigenvalue weighted by Gasteiger charge is 2.14. The number of rotatable bonds is 3. The molecule has 1 atom stereocenters. The molecule has 0 aliphatic carbocycles. The maximum absolute atomic E-state index is 5.47. The van der Waals surface area contributed by atoms with E-state index < -0.39 is 0 Å². The summed E-state index contributed by atoms with van der Waals surface area (Å²) in [6, 6.07) is 0. The van der Waals surface area contributed by atoms with Gasteiger partial charge in [-0.15, -0.1) is 11.3 Å². The van der Waals surface area contributed by atoms with Crippen LogP contribution in [0.5, 0.6) is 0 Å². The molecule has 0 unspecified atom stereocenters. The minimum absolute atomic E-state index is 0.397. The van der Waals surface area contributed by atoms with E-state index in [-0.39, 0.29) is 0 Å². The molecule has 0 amide bonds. The Morgan fingerprint density at radius 2 is 2.75 bits per heavy atom. The average Bonchev–Trinajstić information content (AvgIpc) is 2.74. The summed E-state index contributed by atoms with van der Waals surface area (Å²) >= 11 is 1.63. The molecule has 1 aliphatic rings. The third-order valence-electron chi connectivity index (χ3n) is 1.94. The van der Waals surface area contributed by atoms with Crippen molar-refractivity contribution in [3.8, 4) is 0 Å². The van der Waals surface area contributed by atoms with Gasteiger partial charge in [0.25, 0.3) is 0 Å². The van der Waals surface area contributed by atoms with Crippen molar-refractivity contribution in [3.63, 3.8) is 0 Å². The summed E-state index contributed by atoms with van der Waals surface area (Å²) in [7, 11) is 0. The van der Waals surface area contributed by atoms with Gasteiger partial charge in [0.2, 0.25) is 0 Å². The van der Waals surface area contributed by atoms with E-state index in [1.54, 1.807) is 11.3 Å². The Balaban J connectivity index is 1.74. The Kier molecular flexibility index (Phi) is 2.58. The molecular weight excluding hydrogens is 172 g/mol. The summed E-state index contributed by atoms with van der Waals surface area (Å²) in [5.41, 5.74) is 0. The normalized spacial score (nSPS) is 22.8. The van der Waals surface area contributed by atoms with Crippen molar-refractivity contribution in [2.75, 3.05) is 18.5 Å². The molecule has 12 heavy (non-hydrogen) atoms. The van der Waals surface area contributed by atoms with E-state index in [0.29, 0.717) is 6.10 Å². The molecule has 2 heterocycles. The summed E-state index contributed by atoms with van der Waals surface area (Å²) in [6.07, 6.45) is 4.58. The molecule has 1 aliphatic heterocycles. The number of hydrogen-bond acceptors (Lipinski definition) is 4. The number of nitrogens with zero attached hydrogens (tertiary/aromatic N) is 1. The van der Waals surface area contributed by atoms with E-state index in [4.69, 9.17) is 4.74 Å². The van der Waals surface area contributed by atoms with Crippen molar-refractivity contribution in [1.82, 2.24) is 4.98 Å². The highest BCUT2D eigenvalue weighted by molar-refractivity contribution is 7.13. The lowest BCUT2D eigenvalue weighted by Crippen LogP contribution is -2.18. The lowest BCUT2D eigenvalue weighted by atomic mass is 10.2. The SMILES string of the molecule is c1csc(NC[C@@H]2CCCO2)n1. The number of ether oxygens (including phenoxy) is 1. The van der Waals surface area contributed by atoms with Gasteiger partial charge in [-0.3, -0.25) is 0 Å². The van der Waals surface area contributed by atoms with E-state index >= 15 is 0 Å². The molecule has 0 radical (unpaired) electrons. The largest absolute Gasteiger partial charge is 0.376 e. The zero-order chi connectivity index (χ0) is 8.23. The van der Waals surface area contributed by atoms with Crippen LogP contribution in [0.4, 0.5) is 5.13 Å². The highest BCUT2D eigenvalue weighted by Crippen LogP contribution is 2.14. The monoisotopic (exact) mass is 184 g/mol. The van der Waals surface area contributed by atoms with Gasteiger partial charge < -0.3 is 10.1 Å². The van der Waals surface area contributed by atoms with Gasteiger partial charge in [0.05, 0.1) is 6.10 Å². The van der Waals surface area contributed by atoms with E-state index in [2.05, 4.69) is 10.3 Å². The Morgan fingerprint density at radius 1 is 1.75 bits per heavy atom. The first-order valence-electron chi connectivity index (χ1n) is 4.20. The molecule has 0 saturated carbocycles. The van der Waals surface area contributed by atoms with Crippen LogP contribution in [0.3, 0.4) is 0 Å². The third kappa shape index (κ3) is 1.95. The summed E-state index contributed by atoms with van der Waals surface area (Å²) < 4.78 is 5.47. The summed E-state index contributed by atoms with van der Waals surface area (Å²) in [5.74, 6) is 0. The number of nitrogens with one attached hydrogen (secondary N) is 1. The third-order valence-corrected chi connectivity index (χ3v) is 2.67. The zero-order valence-corrected chi connectivity index (χ0v) is 7.64. The second-order valence-electron chi connectivity index (χ2n) is 2.85. The van der Waals surface area contributed by atoms with Crippen molar-refractivity contribution in [2.45, 2.75) is 18.9 Å². The van der Waals surface area contributed by atoms with Gasteiger partial charge in [-0.2, -0.15) is 0 Å². The van der Waals surface area contributed by atoms with Crippen LogP contribution in [0.2, 0.25) is 0 Å². The van der Waals surface area contributed by atoms with Crippen LogP contribution in [0.15, 0.2) is 11.6 Å². The Labute approximate surface area is 75.8 Å². The van der Waals surface area contributed by atoms with E-state index in [1.807, 2.05) is 11.6 Å². The van der Waals surface area contributed by atoms with Crippen molar-refractivity contribution < 1.29 is 4.74 Å². The van der Waals surface area contributed by atoms with Gasteiger partial charge >= 0.3 is 0 Å². The minimum Gasteiger partial charge on any atom is -0.376 e. The minimum atomic E-state index is 0.397. The van der Waals surface area contributed by atoms with Crippen molar-refractivity contribution in [3.05, 3.63) is 11.6 Å². The van der Waals surface area contributed by atoms with Gasteiger partial charge in [-0.25, -0.2) is 4.98 Å². The summed E-state index contributed by atoms with van der Waals surface area (Å²) in [5, 5.41) is 6.21. The van der Waals surface area contributed by atoms with Gasteiger partial charge in [-0.1, -0.05) is 0 Å². The molecule has 4 heteroatoms. The number of thiazole rings is 1. The lowest BCUT2D eigenvalue weighted by Gasteiger charge is -2.08. The van der Waals surface area contributed by atoms with E-state index in [0.717, 1.165) is 18.3 Å². The fourth-order valence-electron chi connectivity index (χ4n) is 1.32. The Hall–Kier alpha value is -0.610. The van der Waals surface area contributed by atoms with E-state index in [1.165, 1.54) is 12.8 Å². The van der Waals surface area contributed by atoms with Crippen LogP contribution < -0.4 is 5.32 Å². The van der Waals surface area contributed by atoms with Crippen LogP contribution in [0.1, 0.15) is 12.8 Å². The highest BCUT2D eigenvalue weighted by atomic mass is 32.1. The molecule has 0 bridgehead atoms. The molecule has 1 aromatic rings. The molecule has 2 rings (SSSR count). The van der Waals surface area contributed by atoms with Crippen molar-refractivity contribution in [2.24, 2.45) is 0 Å². The molecular formula is C8H12N2OS. The number of hydrogen-bond donors (Lipinski definition) is 1. The zero-order valence-electron chi connectivity index (χ0n) is 6.82. The van der Waals surface area contributed by atoms with Crippen LogP contribution in [-0.2, 0) is 4.74 Å². The predicted molar refractivity (Wildman–Crippen MR) is 49.6 cm³/mol. The number of aromatic nitrogens is 1. The number of anilines is 1. The maximum Gasteiger partial charge on any atom is 0.182 e. The smallest absolute Gasteiger partial charge is 0.182 e. The molecule has 1 saturated heterocycles. The van der Waals surface area contributed by atoms with Gasteiger partial charge in [0, 0.05) is 24.7 Å². The molecule has 1 fully saturated rings. The van der Waals surface area contributed by atoms with Gasteiger partial charge in [0.1, 0.15) is 0 Å². The second-order valence-corrected chi connectivity index (χ2v) is 3.75. The van der Waals surface area contributed by atoms with Crippen LogP contribution in [0, 0.1) is 0 Å². The Morgan fingerprint density at radius 3 is 3.42 bits per heavy atom. The second kappa shape index (κ2) is 3.87. The molecule has 3 nitrogen and oxygen atoms in total. The van der Waals surface area contributed by atoms with Gasteiger partial charge in [0.15, 0.2) is 5.13 Å².